The molecule has 0 aromatic heterocycles. The Kier molecular flexibility index (Phi) is 5.89. The largest absolute Gasteiger partial charge is 0.381 e. The molecule has 0 aromatic rings. The fraction of sp³-hybridized carbons (Fsp3) is 1.00. The average molecular weight is 263 g/mol. The van der Waals surface area contributed by atoms with E-state index in [1.807, 2.05) is 0 Å². The Morgan fingerprint density at radius 2 is 1.94 bits per heavy atom. The molecule has 102 valence electrons. The summed E-state index contributed by atoms with van der Waals surface area (Å²) in [5.74, 6) is 1.36. The van der Waals surface area contributed by atoms with E-state index < -0.39 is 9.84 Å². The highest BCUT2D eigenvalue weighted by molar-refractivity contribution is 7.91. The van der Waals surface area contributed by atoms with Gasteiger partial charge in [-0.25, -0.2) is 8.42 Å². The van der Waals surface area contributed by atoms with Crippen molar-refractivity contribution in [3.63, 3.8) is 0 Å². The van der Waals surface area contributed by atoms with Crippen LogP contribution in [0.25, 0.3) is 0 Å². The molecule has 1 aliphatic rings. The summed E-state index contributed by atoms with van der Waals surface area (Å²) < 4.78 is 28.1. The van der Waals surface area contributed by atoms with E-state index in [0.717, 1.165) is 25.9 Å². The second-order valence-corrected chi connectivity index (χ2v) is 7.64. The van der Waals surface area contributed by atoms with Crippen molar-refractivity contribution in [1.82, 2.24) is 0 Å². The van der Waals surface area contributed by atoms with Crippen LogP contribution in [0.15, 0.2) is 0 Å². The molecule has 0 radical (unpaired) electrons. The molecule has 1 aliphatic heterocycles. The first kappa shape index (κ1) is 14.9. The Labute approximate surface area is 105 Å². The van der Waals surface area contributed by atoms with E-state index in [4.69, 9.17) is 10.5 Å². The first-order chi connectivity index (χ1) is 7.91. The molecule has 0 saturated carbocycles. The summed E-state index contributed by atoms with van der Waals surface area (Å²) in [4.78, 5) is 0. The van der Waals surface area contributed by atoms with Crippen molar-refractivity contribution in [2.24, 2.45) is 17.6 Å². The van der Waals surface area contributed by atoms with E-state index in [1.165, 1.54) is 0 Å². The van der Waals surface area contributed by atoms with Crippen LogP contribution in [0.1, 0.15) is 33.1 Å². The van der Waals surface area contributed by atoms with Gasteiger partial charge in [0.2, 0.25) is 0 Å². The van der Waals surface area contributed by atoms with Gasteiger partial charge >= 0.3 is 0 Å². The van der Waals surface area contributed by atoms with Gasteiger partial charge in [0.25, 0.3) is 0 Å². The van der Waals surface area contributed by atoms with Crippen molar-refractivity contribution in [2.75, 3.05) is 24.7 Å². The molecule has 1 saturated heterocycles. The quantitative estimate of drug-likeness (QED) is 0.701. The van der Waals surface area contributed by atoms with Crippen LogP contribution < -0.4 is 5.73 Å². The maximum atomic E-state index is 11.3. The fourth-order valence-corrected chi connectivity index (χ4v) is 3.93. The standard InChI is InChI=1S/C12H25NO3S/c1-10(2)3-6-16-7-4-12(13)11-5-8-17(14,15)9-11/h10-12H,3-9,13H2,1-2H3. The van der Waals surface area contributed by atoms with Crippen LogP contribution in [0.5, 0.6) is 0 Å². The minimum Gasteiger partial charge on any atom is -0.381 e. The van der Waals surface area contributed by atoms with Gasteiger partial charge in [-0.1, -0.05) is 13.8 Å². The zero-order valence-corrected chi connectivity index (χ0v) is 11.7. The van der Waals surface area contributed by atoms with E-state index in [1.54, 1.807) is 0 Å². The van der Waals surface area contributed by atoms with Crippen LogP contribution >= 0.6 is 0 Å². The minimum absolute atomic E-state index is 0.0358. The van der Waals surface area contributed by atoms with Crippen LogP contribution in [-0.4, -0.2) is 39.2 Å². The lowest BCUT2D eigenvalue weighted by molar-refractivity contribution is 0.113. The molecule has 0 aliphatic carbocycles. The Morgan fingerprint density at radius 3 is 2.47 bits per heavy atom. The number of sulfone groups is 1. The molecular weight excluding hydrogens is 238 g/mol. The topological polar surface area (TPSA) is 69.4 Å². The van der Waals surface area contributed by atoms with Gasteiger partial charge in [0.1, 0.15) is 0 Å². The Hall–Kier alpha value is -0.130. The molecule has 17 heavy (non-hydrogen) atoms. The van der Waals surface area contributed by atoms with Gasteiger partial charge in [0, 0.05) is 19.3 Å². The van der Waals surface area contributed by atoms with Crippen LogP contribution in [0.3, 0.4) is 0 Å². The third kappa shape index (κ3) is 5.84. The van der Waals surface area contributed by atoms with Gasteiger partial charge in [0.15, 0.2) is 9.84 Å². The molecular formula is C12H25NO3S. The summed E-state index contributed by atoms with van der Waals surface area (Å²) in [7, 11) is -2.81. The maximum absolute atomic E-state index is 11.3. The molecule has 2 atom stereocenters. The molecule has 1 heterocycles. The van der Waals surface area contributed by atoms with Gasteiger partial charge in [-0.2, -0.15) is 0 Å². The third-order valence-corrected chi connectivity index (χ3v) is 5.10. The highest BCUT2D eigenvalue weighted by Crippen LogP contribution is 2.22. The van der Waals surface area contributed by atoms with E-state index >= 15 is 0 Å². The Balaban J connectivity index is 2.11. The third-order valence-electron chi connectivity index (χ3n) is 3.31. The highest BCUT2D eigenvalue weighted by Gasteiger charge is 2.31. The van der Waals surface area contributed by atoms with Crippen LogP contribution in [-0.2, 0) is 14.6 Å². The highest BCUT2D eigenvalue weighted by atomic mass is 32.2. The summed E-state index contributed by atoms with van der Waals surface area (Å²) in [5.41, 5.74) is 6.00. The zero-order chi connectivity index (χ0) is 12.9. The summed E-state index contributed by atoms with van der Waals surface area (Å²) in [5, 5.41) is 0. The normalized spacial score (nSPS) is 25.3. The molecule has 0 amide bonds. The van der Waals surface area contributed by atoms with E-state index in [9.17, 15) is 8.42 Å². The van der Waals surface area contributed by atoms with Gasteiger partial charge < -0.3 is 10.5 Å². The molecule has 1 rings (SSSR count). The minimum atomic E-state index is -2.81. The molecule has 2 unspecified atom stereocenters. The summed E-state index contributed by atoms with van der Waals surface area (Å²) in [6.07, 6.45) is 2.54. The molecule has 5 heteroatoms. The van der Waals surface area contributed by atoms with Gasteiger partial charge in [0.05, 0.1) is 11.5 Å². The molecule has 0 bridgehead atoms. The van der Waals surface area contributed by atoms with Crippen molar-refractivity contribution < 1.29 is 13.2 Å². The van der Waals surface area contributed by atoms with Gasteiger partial charge in [-0.05, 0) is 31.1 Å². The number of ether oxygens (including phenoxy) is 1. The van der Waals surface area contributed by atoms with Crippen LogP contribution in [0.4, 0.5) is 0 Å². The van der Waals surface area contributed by atoms with Gasteiger partial charge in [-0.3, -0.25) is 0 Å². The molecule has 0 aromatic carbocycles. The van der Waals surface area contributed by atoms with Crippen LogP contribution in [0, 0.1) is 11.8 Å². The lowest BCUT2D eigenvalue weighted by atomic mass is 9.98. The molecule has 2 N–H and O–H groups in total. The smallest absolute Gasteiger partial charge is 0.150 e. The summed E-state index contributed by atoms with van der Waals surface area (Å²) in [6, 6.07) is -0.0358. The van der Waals surface area contributed by atoms with Crippen molar-refractivity contribution in [3.8, 4) is 0 Å². The van der Waals surface area contributed by atoms with E-state index in [2.05, 4.69) is 13.8 Å². The van der Waals surface area contributed by atoms with E-state index in [0.29, 0.717) is 18.3 Å². The second kappa shape index (κ2) is 6.71. The Bertz CT molecular complexity index is 314. The SMILES string of the molecule is CC(C)CCOCCC(N)C1CCS(=O)(=O)C1. The zero-order valence-electron chi connectivity index (χ0n) is 10.9. The van der Waals surface area contributed by atoms with E-state index in [-0.39, 0.29) is 17.7 Å². The number of rotatable bonds is 7. The summed E-state index contributed by atoms with van der Waals surface area (Å²) >= 11 is 0. The lowest BCUT2D eigenvalue weighted by Gasteiger charge is -2.17. The predicted molar refractivity (Wildman–Crippen MR) is 69.6 cm³/mol. The number of hydrogen-bond acceptors (Lipinski definition) is 4. The van der Waals surface area contributed by atoms with Crippen LogP contribution in [0.2, 0.25) is 0 Å². The first-order valence-electron chi connectivity index (χ1n) is 6.44. The fourth-order valence-electron chi connectivity index (χ4n) is 2.04. The van der Waals surface area contributed by atoms with Crippen molar-refractivity contribution in [2.45, 2.75) is 39.2 Å². The van der Waals surface area contributed by atoms with Crippen molar-refractivity contribution >= 4 is 9.84 Å². The maximum Gasteiger partial charge on any atom is 0.150 e. The lowest BCUT2D eigenvalue weighted by Crippen LogP contribution is -2.32. The van der Waals surface area contributed by atoms with Crippen molar-refractivity contribution in [1.29, 1.82) is 0 Å². The molecule has 1 fully saturated rings. The van der Waals surface area contributed by atoms with Gasteiger partial charge in [-0.15, -0.1) is 0 Å². The average Bonchev–Trinajstić information content (AvgIpc) is 2.57. The predicted octanol–water partition coefficient (Wildman–Crippen LogP) is 1.20. The molecule has 4 nitrogen and oxygen atoms in total. The monoisotopic (exact) mass is 263 g/mol. The molecule has 0 spiro atoms. The number of hydrogen-bond donors (Lipinski definition) is 1. The Morgan fingerprint density at radius 1 is 1.29 bits per heavy atom. The second-order valence-electron chi connectivity index (χ2n) is 5.41. The van der Waals surface area contributed by atoms with Crippen molar-refractivity contribution in [3.05, 3.63) is 0 Å². The number of nitrogens with two attached hydrogens (primary N) is 1. The summed E-state index contributed by atoms with van der Waals surface area (Å²) in [6.45, 7) is 5.74. The first-order valence-corrected chi connectivity index (χ1v) is 8.26.